The lowest BCUT2D eigenvalue weighted by molar-refractivity contribution is -0.889. The van der Waals surface area contributed by atoms with Crippen LogP contribution in [-0.2, 0) is 28.6 Å². The van der Waals surface area contributed by atoms with Crippen LogP contribution in [0.25, 0.3) is 0 Å². The number of carbonyl (C=O) groups excluding carboxylic acids is 3. The molecule has 2 atom stereocenters. The van der Waals surface area contributed by atoms with E-state index in [2.05, 4.69) is 26.0 Å². The number of rotatable bonds is 24. The summed E-state index contributed by atoms with van der Waals surface area (Å²) in [6, 6.07) is -0.729. The number of likely N-dealkylation sites (N-methyl/N-ethyl adjacent to an activating group) is 1. The number of carbonyl (C=O) groups is 3. The lowest BCUT2D eigenvalue weighted by atomic mass is 10.1. The van der Waals surface area contributed by atoms with Gasteiger partial charge in [0.05, 0.1) is 40.3 Å². The molecule has 8 nitrogen and oxygen atoms in total. The molecule has 0 amide bonds. The Labute approximate surface area is 231 Å². The highest BCUT2D eigenvalue weighted by Crippen LogP contribution is 2.09. The average Bonchev–Trinajstić information content (AvgIpc) is 2.84. The Balaban J connectivity index is 4.66. The highest BCUT2D eigenvalue weighted by molar-refractivity contribution is 5.70. The summed E-state index contributed by atoms with van der Waals surface area (Å²) < 4.78 is 16.7. The molecular formula is C30H53NO7. The quantitative estimate of drug-likeness (QED) is 0.0770. The lowest BCUT2D eigenvalue weighted by Gasteiger charge is -2.34. The van der Waals surface area contributed by atoms with Gasteiger partial charge in [-0.1, -0.05) is 63.8 Å². The van der Waals surface area contributed by atoms with Crippen molar-refractivity contribution in [2.24, 2.45) is 0 Å². The zero-order chi connectivity index (χ0) is 28.7. The first-order valence-electron chi connectivity index (χ1n) is 14.4. The number of nitrogens with zero attached hydrogens (tertiary/aromatic N) is 1. The second-order valence-electron chi connectivity index (χ2n) is 10.6. The molecule has 0 saturated carbocycles. The monoisotopic (exact) mass is 539 g/mol. The molecule has 38 heavy (non-hydrogen) atoms. The maximum Gasteiger partial charge on any atom is 0.306 e. The van der Waals surface area contributed by atoms with Gasteiger partial charge in [-0.3, -0.25) is 9.59 Å². The molecule has 0 aromatic heterocycles. The van der Waals surface area contributed by atoms with Gasteiger partial charge in [0.15, 0.2) is 6.10 Å². The van der Waals surface area contributed by atoms with E-state index in [0.717, 1.165) is 25.7 Å². The molecule has 0 aromatic carbocycles. The third kappa shape index (κ3) is 20.8. The van der Waals surface area contributed by atoms with Gasteiger partial charge in [-0.2, -0.15) is 0 Å². The fraction of sp³-hybridized carbons (Fsp3) is 0.767. The minimum atomic E-state index is -1.14. The van der Waals surface area contributed by atoms with Crippen molar-refractivity contribution in [1.29, 1.82) is 0 Å². The average molecular weight is 540 g/mol. The first-order valence-corrected chi connectivity index (χ1v) is 14.4. The van der Waals surface area contributed by atoms with Gasteiger partial charge in [0, 0.05) is 19.3 Å². The normalized spacial score (nSPS) is 13.6. The molecular weight excluding hydrogens is 486 g/mol. The summed E-state index contributed by atoms with van der Waals surface area (Å²) in [7, 11) is 5.34. The molecule has 0 heterocycles. The van der Waals surface area contributed by atoms with Crippen LogP contribution in [0, 0.1) is 0 Å². The zero-order valence-corrected chi connectivity index (χ0v) is 24.6. The van der Waals surface area contributed by atoms with Crippen LogP contribution in [0.1, 0.15) is 97.3 Å². The van der Waals surface area contributed by atoms with Crippen molar-refractivity contribution in [2.75, 3.05) is 41.0 Å². The molecule has 0 spiro atoms. The van der Waals surface area contributed by atoms with Gasteiger partial charge in [0.1, 0.15) is 12.6 Å². The lowest BCUT2D eigenvalue weighted by Crippen LogP contribution is -2.55. The zero-order valence-electron chi connectivity index (χ0n) is 24.6. The minimum Gasteiger partial charge on any atom is -0.544 e. The fourth-order valence-corrected chi connectivity index (χ4v) is 3.75. The van der Waals surface area contributed by atoms with E-state index in [1.54, 1.807) is 21.1 Å². The Bertz CT molecular complexity index is 697. The summed E-state index contributed by atoms with van der Waals surface area (Å²) in [4.78, 5) is 36.0. The number of esters is 2. The van der Waals surface area contributed by atoms with E-state index in [0.29, 0.717) is 12.8 Å². The summed E-state index contributed by atoms with van der Waals surface area (Å²) in [6.07, 6.45) is 18.4. The number of quaternary nitrogens is 1. The van der Waals surface area contributed by atoms with Gasteiger partial charge in [-0.05, 0) is 38.5 Å². The van der Waals surface area contributed by atoms with Crippen LogP contribution in [-0.4, -0.2) is 75.5 Å². The SMILES string of the molecule is CCCCC/C=C/CCC(=O)OCC(COCCC(C(=O)[O-])[N+](C)(C)C)OC(=O)CC/C=C/CCCCC. The van der Waals surface area contributed by atoms with Crippen molar-refractivity contribution in [2.45, 2.75) is 109 Å². The molecule has 0 aliphatic carbocycles. The van der Waals surface area contributed by atoms with Crippen molar-refractivity contribution in [3.63, 3.8) is 0 Å². The first-order chi connectivity index (χ1) is 18.1. The molecule has 0 N–H and O–H groups in total. The van der Waals surface area contributed by atoms with Gasteiger partial charge < -0.3 is 28.6 Å². The Morgan fingerprint density at radius 2 is 1.29 bits per heavy atom. The van der Waals surface area contributed by atoms with E-state index in [4.69, 9.17) is 14.2 Å². The van der Waals surface area contributed by atoms with Crippen LogP contribution in [0.3, 0.4) is 0 Å². The van der Waals surface area contributed by atoms with Gasteiger partial charge in [-0.25, -0.2) is 0 Å². The number of hydrogen-bond acceptors (Lipinski definition) is 7. The standard InChI is InChI=1S/C30H53NO7/c1-6-8-10-12-14-16-18-20-28(32)37-25-26(24-36-23-22-27(30(34)35)31(3,4)5)38-29(33)21-19-17-15-13-11-9-7-2/h14-17,26-27H,6-13,18-25H2,1-5H3/b16-14+,17-15+. The number of carboxylic acids is 1. The second kappa shape index (κ2) is 22.8. The molecule has 0 saturated heterocycles. The number of allylic oxidation sites excluding steroid dienone is 4. The summed E-state index contributed by atoms with van der Waals surface area (Å²) in [6.45, 7) is 4.39. The van der Waals surface area contributed by atoms with Gasteiger partial charge >= 0.3 is 11.9 Å². The first kappa shape index (κ1) is 35.8. The minimum absolute atomic E-state index is 0.0140. The maximum atomic E-state index is 12.4. The topological polar surface area (TPSA) is 102 Å². The van der Waals surface area contributed by atoms with Crippen molar-refractivity contribution in [3.8, 4) is 0 Å². The van der Waals surface area contributed by atoms with Crippen molar-refractivity contribution >= 4 is 17.9 Å². The van der Waals surface area contributed by atoms with E-state index in [1.165, 1.54) is 25.7 Å². The molecule has 0 aliphatic rings. The van der Waals surface area contributed by atoms with E-state index < -0.39 is 18.1 Å². The third-order valence-corrected chi connectivity index (χ3v) is 6.09. The van der Waals surface area contributed by atoms with Gasteiger partial charge in [-0.15, -0.1) is 0 Å². The largest absolute Gasteiger partial charge is 0.544 e. The van der Waals surface area contributed by atoms with Crippen LogP contribution in [0.2, 0.25) is 0 Å². The molecule has 220 valence electrons. The Morgan fingerprint density at radius 1 is 0.763 bits per heavy atom. The smallest absolute Gasteiger partial charge is 0.306 e. The number of hydrogen-bond donors (Lipinski definition) is 0. The highest BCUT2D eigenvalue weighted by Gasteiger charge is 2.25. The van der Waals surface area contributed by atoms with Crippen LogP contribution in [0.15, 0.2) is 24.3 Å². The molecule has 0 fully saturated rings. The van der Waals surface area contributed by atoms with E-state index in [-0.39, 0.29) is 55.5 Å². The van der Waals surface area contributed by atoms with Crippen molar-refractivity contribution in [1.82, 2.24) is 0 Å². The van der Waals surface area contributed by atoms with E-state index >= 15 is 0 Å². The molecule has 0 bridgehead atoms. The molecule has 0 rings (SSSR count). The van der Waals surface area contributed by atoms with Crippen LogP contribution in [0.5, 0.6) is 0 Å². The Morgan fingerprint density at radius 3 is 1.79 bits per heavy atom. The van der Waals surface area contributed by atoms with Crippen LogP contribution >= 0.6 is 0 Å². The van der Waals surface area contributed by atoms with Crippen LogP contribution < -0.4 is 5.11 Å². The molecule has 0 radical (unpaired) electrons. The molecule has 0 aliphatic heterocycles. The molecule has 2 unspecified atom stereocenters. The second-order valence-corrected chi connectivity index (χ2v) is 10.6. The van der Waals surface area contributed by atoms with E-state index in [1.807, 2.05) is 12.2 Å². The fourth-order valence-electron chi connectivity index (χ4n) is 3.75. The maximum absolute atomic E-state index is 12.4. The Kier molecular flexibility index (Phi) is 21.5. The van der Waals surface area contributed by atoms with Gasteiger partial charge in [0.2, 0.25) is 0 Å². The van der Waals surface area contributed by atoms with E-state index in [9.17, 15) is 19.5 Å². The van der Waals surface area contributed by atoms with Gasteiger partial charge in [0.25, 0.3) is 0 Å². The summed E-state index contributed by atoms with van der Waals surface area (Å²) >= 11 is 0. The summed E-state index contributed by atoms with van der Waals surface area (Å²) in [5, 5.41) is 11.5. The summed E-state index contributed by atoms with van der Waals surface area (Å²) in [5.41, 5.74) is 0. The number of carboxylic acid groups (broad SMARTS) is 1. The molecule has 0 aromatic rings. The predicted octanol–water partition coefficient (Wildman–Crippen LogP) is 4.51. The summed E-state index contributed by atoms with van der Waals surface area (Å²) in [5.74, 6) is -1.89. The Hall–Kier alpha value is -2.19. The third-order valence-electron chi connectivity index (χ3n) is 6.09. The molecule has 8 heteroatoms. The predicted molar refractivity (Wildman–Crippen MR) is 148 cm³/mol. The van der Waals surface area contributed by atoms with Crippen molar-refractivity contribution in [3.05, 3.63) is 24.3 Å². The number of unbranched alkanes of at least 4 members (excludes halogenated alkanes) is 6. The highest BCUT2D eigenvalue weighted by atomic mass is 16.6. The number of aliphatic carboxylic acids is 1. The van der Waals surface area contributed by atoms with Crippen LogP contribution in [0.4, 0.5) is 0 Å². The van der Waals surface area contributed by atoms with Crippen molar-refractivity contribution < 1.29 is 38.2 Å². The number of ether oxygens (including phenoxy) is 3.